The van der Waals surface area contributed by atoms with Crippen molar-refractivity contribution in [2.45, 2.75) is 51.0 Å². The Bertz CT molecular complexity index is 237. The summed E-state index contributed by atoms with van der Waals surface area (Å²) >= 11 is 0. The van der Waals surface area contributed by atoms with Crippen LogP contribution >= 0.6 is 0 Å². The van der Waals surface area contributed by atoms with Crippen LogP contribution in [0.2, 0.25) is 0 Å². The molecule has 0 aliphatic heterocycles. The maximum atomic E-state index is 11.3. The van der Waals surface area contributed by atoms with Crippen molar-refractivity contribution >= 4 is 5.97 Å². The minimum absolute atomic E-state index is 0.355. The van der Waals surface area contributed by atoms with Gasteiger partial charge in [0.25, 0.3) is 0 Å². The SMILES string of the molecule is COC(=O)C(C)(N)CCCOCCC1CCC1. The third-order valence-electron chi connectivity index (χ3n) is 3.53. The molecule has 1 fully saturated rings. The van der Waals surface area contributed by atoms with Crippen molar-refractivity contribution in [2.75, 3.05) is 20.3 Å². The molecule has 2 N–H and O–H groups in total. The first-order chi connectivity index (χ1) is 8.06. The molecule has 1 rings (SSSR count). The van der Waals surface area contributed by atoms with Crippen molar-refractivity contribution in [3.05, 3.63) is 0 Å². The van der Waals surface area contributed by atoms with Gasteiger partial charge in [-0.05, 0) is 32.1 Å². The van der Waals surface area contributed by atoms with Crippen LogP contribution < -0.4 is 5.73 Å². The van der Waals surface area contributed by atoms with Crippen LogP contribution in [0.5, 0.6) is 0 Å². The summed E-state index contributed by atoms with van der Waals surface area (Å²) in [5.41, 5.74) is 4.95. The van der Waals surface area contributed by atoms with Crippen molar-refractivity contribution in [2.24, 2.45) is 11.7 Å². The summed E-state index contributed by atoms with van der Waals surface area (Å²) in [6.45, 7) is 3.22. The Morgan fingerprint density at radius 3 is 2.65 bits per heavy atom. The van der Waals surface area contributed by atoms with E-state index < -0.39 is 5.54 Å². The molecular weight excluding hydrogens is 218 g/mol. The number of rotatable bonds is 8. The van der Waals surface area contributed by atoms with E-state index in [-0.39, 0.29) is 5.97 Å². The van der Waals surface area contributed by atoms with Crippen LogP contribution in [-0.4, -0.2) is 31.8 Å². The summed E-state index contributed by atoms with van der Waals surface area (Å²) in [5, 5.41) is 0. The van der Waals surface area contributed by atoms with Crippen molar-refractivity contribution in [1.29, 1.82) is 0 Å². The third kappa shape index (κ3) is 5.04. The molecule has 100 valence electrons. The van der Waals surface area contributed by atoms with Crippen LogP contribution in [0.15, 0.2) is 0 Å². The molecular formula is C13H25NO3. The fraction of sp³-hybridized carbons (Fsp3) is 0.923. The molecule has 4 heteroatoms. The number of esters is 1. The maximum absolute atomic E-state index is 11.3. The Kier molecular flexibility index (Phi) is 5.92. The van der Waals surface area contributed by atoms with Gasteiger partial charge >= 0.3 is 5.97 Å². The molecule has 0 aromatic carbocycles. The fourth-order valence-corrected chi connectivity index (χ4v) is 2.01. The first-order valence-electron chi connectivity index (χ1n) is 6.51. The van der Waals surface area contributed by atoms with Gasteiger partial charge in [-0.3, -0.25) is 4.79 Å². The van der Waals surface area contributed by atoms with Gasteiger partial charge in [-0.15, -0.1) is 0 Å². The molecule has 4 nitrogen and oxygen atoms in total. The van der Waals surface area contributed by atoms with Gasteiger partial charge in [0.2, 0.25) is 0 Å². The van der Waals surface area contributed by atoms with Gasteiger partial charge in [0.05, 0.1) is 7.11 Å². The molecule has 1 aliphatic carbocycles. The first kappa shape index (κ1) is 14.5. The molecule has 0 heterocycles. The predicted molar refractivity (Wildman–Crippen MR) is 66.6 cm³/mol. The lowest BCUT2D eigenvalue weighted by Crippen LogP contribution is -2.45. The summed E-state index contributed by atoms with van der Waals surface area (Å²) in [4.78, 5) is 11.3. The summed E-state index contributed by atoms with van der Waals surface area (Å²) in [6.07, 6.45) is 6.70. The monoisotopic (exact) mass is 243 g/mol. The normalized spacial score (nSPS) is 19.5. The van der Waals surface area contributed by atoms with Gasteiger partial charge in [0, 0.05) is 13.2 Å². The Hall–Kier alpha value is -0.610. The summed E-state index contributed by atoms with van der Waals surface area (Å²) in [7, 11) is 1.36. The van der Waals surface area contributed by atoms with E-state index in [1.807, 2.05) is 0 Å². The summed E-state index contributed by atoms with van der Waals surface area (Å²) < 4.78 is 10.2. The van der Waals surface area contributed by atoms with Crippen molar-refractivity contribution in [3.63, 3.8) is 0 Å². The van der Waals surface area contributed by atoms with Gasteiger partial charge in [-0.2, -0.15) is 0 Å². The quantitative estimate of drug-likeness (QED) is 0.522. The Labute approximate surface area is 104 Å². The molecule has 0 aromatic rings. The van der Waals surface area contributed by atoms with Gasteiger partial charge in [0.1, 0.15) is 5.54 Å². The number of ether oxygens (including phenoxy) is 2. The van der Waals surface area contributed by atoms with Gasteiger partial charge < -0.3 is 15.2 Å². The summed E-state index contributed by atoms with van der Waals surface area (Å²) in [6, 6.07) is 0. The van der Waals surface area contributed by atoms with E-state index in [2.05, 4.69) is 4.74 Å². The van der Waals surface area contributed by atoms with Gasteiger partial charge in [-0.1, -0.05) is 19.3 Å². The first-order valence-corrected chi connectivity index (χ1v) is 6.51. The van der Waals surface area contributed by atoms with Crippen LogP contribution in [-0.2, 0) is 14.3 Å². The van der Waals surface area contributed by atoms with Gasteiger partial charge in [0.15, 0.2) is 0 Å². The fourth-order valence-electron chi connectivity index (χ4n) is 2.01. The Balaban J connectivity index is 1.97. The molecule has 1 saturated carbocycles. The highest BCUT2D eigenvalue weighted by Crippen LogP contribution is 2.29. The molecule has 0 aromatic heterocycles. The minimum Gasteiger partial charge on any atom is -0.468 e. The van der Waals surface area contributed by atoms with E-state index in [4.69, 9.17) is 10.5 Å². The Morgan fingerprint density at radius 1 is 1.41 bits per heavy atom. The number of methoxy groups -OCH3 is 1. The van der Waals surface area contributed by atoms with Crippen molar-refractivity contribution < 1.29 is 14.3 Å². The molecule has 17 heavy (non-hydrogen) atoms. The lowest BCUT2D eigenvalue weighted by atomic mass is 9.83. The van der Waals surface area contributed by atoms with Gasteiger partial charge in [-0.25, -0.2) is 0 Å². The zero-order valence-corrected chi connectivity index (χ0v) is 11.0. The van der Waals surface area contributed by atoms with E-state index in [0.29, 0.717) is 13.0 Å². The van der Waals surface area contributed by atoms with Crippen LogP contribution in [0.1, 0.15) is 45.4 Å². The van der Waals surface area contributed by atoms with E-state index in [1.54, 1.807) is 6.92 Å². The maximum Gasteiger partial charge on any atom is 0.325 e. The zero-order chi connectivity index (χ0) is 12.7. The number of hydrogen-bond acceptors (Lipinski definition) is 4. The topological polar surface area (TPSA) is 61.5 Å². The highest BCUT2D eigenvalue weighted by Gasteiger charge is 2.28. The van der Waals surface area contributed by atoms with E-state index in [1.165, 1.54) is 32.8 Å². The number of nitrogens with two attached hydrogens (primary N) is 1. The average molecular weight is 243 g/mol. The molecule has 1 unspecified atom stereocenters. The summed E-state index contributed by atoms with van der Waals surface area (Å²) in [5.74, 6) is 0.539. The highest BCUT2D eigenvalue weighted by atomic mass is 16.5. The lowest BCUT2D eigenvalue weighted by molar-refractivity contribution is -0.146. The zero-order valence-electron chi connectivity index (χ0n) is 11.0. The third-order valence-corrected chi connectivity index (χ3v) is 3.53. The van der Waals surface area contributed by atoms with Crippen molar-refractivity contribution in [3.8, 4) is 0 Å². The van der Waals surface area contributed by atoms with Crippen molar-refractivity contribution in [1.82, 2.24) is 0 Å². The predicted octanol–water partition coefficient (Wildman–Crippen LogP) is 1.86. The highest BCUT2D eigenvalue weighted by molar-refractivity contribution is 5.79. The van der Waals surface area contributed by atoms with E-state index >= 15 is 0 Å². The molecule has 0 saturated heterocycles. The average Bonchev–Trinajstić information content (AvgIpc) is 2.24. The second kappa shape index (κ2) is 6.97. The van der Waals surface area contributed by atoms with E-state index in [9.17, 15) is 4.79 Å². The molecule has 0 amide bonds. The van der Waals surface area contributed by atoms with Crippen LogP contribution in [0.3, 0.4) is 0 Å². The molecule has 0 radical (unpaired) electrons. The lowest BCUT2D eigenvalue weighted by Gasteiger charge is -2.25. The number of hydrogen-bond donors (Lipinski definition) is 1. The second-order valence-corrected chi connectivity index (χ2v) is 5.21. The molecule has 0 spiro atoms. The van der Waals surface area contributed by atoms with Crippen LogP contribution in [0.25, 0.3) is 0 Å². The smallest absolute Gasteiger partial charge is 0.325 e. The largest absolute Gasteiger partial charge is 0.468 e. The second-order valence-electron chi connectivity index (χ2n) is 5.21. The number of carbonyl (C=O) groups is 1. The standard InChI is InChI=1S/C13H25NO3/c1-13(14,12(15)16-2)8-4-9-17-10-7-11-5-3-6-11/h11H,3-10,14H2,1-2H3. The molecule has 1 atom stereocenters. The van der Waals surface area contributed by atoms with Crippen LogP contribution in [0.4, 0.5) is 0 Å². The van der Waals surface area contributed by atoms with E-state index in [0.717, 1.165) is 18.9 Å². The molecule has 0 bridgehead atoms. The number of carbonyl (C=O) groups excluding carboxylic acids is 1. The van der Waals surface area contributed by atoms with Crippen LogP contribution in [0, 0.1) is 5.92 Å². The molecule has 1 aliphatic rings. The minimum atomic E-state index is -0.883. The Morgan fingerprint density at radius 2 is 2.12 bits per heavy atom.